The predicted octanol–water partition coefficient (Wildman–Crippen LogP) is 3.15. The molecule has 2 heterocycles. The third-order valence-corrected chi connectivity index (χ3v) is 4.69. The van der Waals surface area contributed by atoms with Crippen molar-refractivity contribution in [3.8, 4) is 0 Å². The number of allylic oxidation sites excluding steroid dienone is 1. The van der Waals surface area contributed by atoms with Gasteiger partial charge in [-0.2, -0.15) is 5.10 Å². The van der Waals surface area contributed by atoms with Crippen LogP contribution in [0.1, 0.15) is 40.8 Å². The largest absolute Gasteiger partial charge is 0.345 e. The van der Waals surface area contributed by atoms with Crippen LogP contribution >= 0.6 is 11.6 Å². The molecule has 0 aromatic carbocycles. The van der Waals surface area contributed by atoms with E-state index >= 15 is 0 Å². The number of rotatable bonds is 4. The van der Waals surface area contributed by atoms with E-state index in [1.807, 2.05) is 12.2 Å². The summed E-state index contributed by atoms with van der Waals surface area (Å²) in [6.45, 7) is 3.29. The zero-order valence-corrected chi connectivity index (χ0v) is 15.1. The van der Waals surface area contributed by atoms with Crippen LogP contribution in [0.4, 0.5) is 5.69 Å². The van der Waals surface area contributed by atoms with E-state index < -0.39 is 4.92 Å². The third-order valence-electron chi connectivity index (χ3n) is 4.45. The van der Waals surface area contributed by atoms with E-state index in [0.29, 0.717) is 29.3 Å². The van der Waals surface area contributed by atoms with Crippen LogP contribution in [0, 0.1) is 24.0 Å². The van der Waals surface area contributed by atoms with Gasteiger partial charge in [0, 0.05) is 11.2 Å². The van der Waals surface area contributed by atoms with Crippen molar-refractivity contribution in [2.45, 2.75) is 38.8 Å². The first-order valence-electron chi connectivity index (χ1n) is 8.16. The normalized spacial score (nSPS) is 19.3. The van der Waals surface area contributed by atoms with E-state index in [2.05, 4.69) is 15.4 Å². The summed E-state index contributed by atoms with van der Waals surface area (Å²) in [5.74, 6) is -0.339. The van der Waals surface area contributed by atoms with Crippen LogP contribution in [0.25, 0.3) is 0 Å². The first-order chi connectivity index (χ1) is 12.4. The number of carbonyl (C=O) groups is 1. The zero-order valence-electron chi connectivity index (χ0n) is 14.3. The first kappa shape index (κ1) is 18.1. The van der Waals surface area contributed by atoms with E-state index in [9.17, 15) is 14.9 Å². The van der Waals surface area contributed by atoms with Gasteiger partial charge in [0.2, 0.25) is 0 Å². The van der Waals surface area contributed by atoms with Crippen molar-refractivity contribution < 1.29 is 9.72 Å². The molecule has 0 unspecified atom stereocenters. The van der Waals surface area contributed by atoms with Gasteiger partial charge >= 0.3 is 5.69 Å². The van der Waals surface area contributed by atoms with Crippen molar-refractivity contribution in [3.05, 3.63) is 62.7 Å². The Hall–Kier alpha value is -2.74. The average Bonchev–Trinajstić information content (AvgIpc) is 2.89. The molecule has 0 spiro atoms. The number of carbonyl (C=O) groups excluding carboxylic acids is 1. The number of aromatic nitrogens is 3. The quantitative estimate of drug-likeness (QED) is 0.502. The monoisotopic (exact) mass is 375 g/mol. The van der Waals surface area contributed by atoms with Crippen LogP contribution in [0.15, 0.2) is 30.5 Å². The molecule has 1 aliphatic carbocycles. The summed E-state index contributed by atoms with van der Waals surface area (Å²) < 4.78 is 1.65. The number of pyridine rings is 1. The van der Waals surface area contributed by atoms with Gasteiger partial charge in [0.15, 0.2) is 0 Å². The molecule has 0 fully saturated rings. The molecule has 1 aliphatic rings. The molecule has 2 atom stereocenters. The number of hydrogen-bond acceptors (Lipinski definition) is 5. The second-order valence-corrected chi connectivity index (χ2v) is 6.61. The standard InChI is InChI=1S/C17H18ClN5O3/c1-10-16(23(25)26)11(2)22(21-10)15-6-4-3-5-13(15)20-17(24)14-9-12(18)7-8-19-14/h3-4,7-9,13,15H,5-6H2,1-2H3,(H,20,24)/t13-,15-/m1/s1. The topological polar surface area (TPSA) is 103 Å². The second kappa shape index (κ2) is 7.25. The Morgan fingerprint density at radius 2 is 2.12 bits per heavy atom. The van der Waals surface area contributed by atoms with E-state index in [-0.39, 0.29) is 29.4 Å². The maximum absolute atomic E-state index is 12.5. The molecule has 0 saturated heterocycles. The molecule has 8 nitrogen and oxygen atoms in total. The lowest BCUT2D eigenvalue weighted by molar-refractivity contribution is -0.386. The van der Waals surface area contributed by atoms with Crippen molar-refractivity contribution in [1.29, 1.82) is 0 Å². The van der Waals surface area contributed by atoms with Gasteiger partial charge in [-0.05, 0) is 38.8 Å². The van der Waals surface area contributed by atoms with Gasteiger partial charge in [0.05, 0.1) is 17.0 Å². The molecule has 0 saturated carbocycles. The number of halogens is 1. The first-order valence-corrected chi connectivity index (χ1v) is 8.53. The summed E-state index contributed by atoms with van der Waals surface area (Å²) in [5.41, 5.74) is 1.09. The highest BCUT2D eigenvalue weighted by Crippen LogP contribution is 2.30. The van der Waals surface area contributed by atoms with E-state index in [0.717, 1.165) is 0 Å². The second-order valence-electron chi connectivity index (χ2n) is 6.17. The van der Waals surface area contributed by atoms with Gasteiger partial charge < -0.3 is 5.32 Å². The Labute approximate surface area is 155 Å². The Morgan fingerprint density at radius 1 is 1.38 bits per heavy atom. The fourth-order valence-corrected chi connectivity index (χ4v) is 3.40. The molecule has 26 heavy (non-hydrogen) atoms. The van der Waals surface area contributed by atoms with Gasteiger partial charge in [0.1, 0.15) is 17.1 Å². The van der Waals surface area contributed by atoms with Crippen molar-refractivity contribution in [3.63, 3.8) is 0 Å². The molecule has 9 heteroatoms. The van der Waals surface area contributed by atoms with Gasteiger partial charge in [-0.15, -0.1) is 0 Å². The van der Waals surface area contributed by atoms with Crippen molar-refractivity contribution in [2.75, 3.05) is 0 Å². The summed E-state index contributed by atoms with van der Waals surface area (Å²) >= 11 is 5.92. The zero-order chi connectivity index (χ0) is 18.8. The van der Waals surface area contributed by atoms with E-state index in [1.165, 1.54) is 12.3 Å². The highest BCUT2D eigenvalue weighted by atomic mass is 35.5. The highest BCUT2D eigenvalue weighted by Gasteiger charge is 2.32. The molecule has 136 valence electrons. The maximum Gasteiger partial charge on any atom is 0.312 e. The lowest BCUT2D eigenvalue weighted by Crippen LogP contribution is -2.43. The van der Waals surface area contributed by atoms with E-state index in [1.54, 1.807) is 24.6 Å². The van der Waals surface area contributed by atoms with Crippen LogP contribution in [0.5, 0.6) is 0 Å². The summed E-state index contributed by atoms with van der Waals surface area (Å²) in [6.07, 6.45) is 6.66. The minimum atomic E-state index is -0.420. The van der Waals surface area contributed by atoms with Crippen LogP contribution < -0.4 is 5.32 Å². The molecule has 1 N–H and O–H groups in total. The summed E-state index contributed by atoms with van der Waals surface area (Å²) in [7, 11) is 0. The lowest BCUT2D eigenvalue weighted by Gasteiger charge is -2.30. The SMILES string of the molecule is Cc1nn([C@@H]2CC=CC[C@H]2NC(=O)c2cc(Cl)ccn2)c(C)c1[N+](=O)[O-]. The van der Waals surface area contributed by atoms with Crippen LogP contribution in [-0.4, -0.2) is 31.6 Å². The number of aryl methyl sites for hydroxylation is 1. The summed E-state index contributed by atoms with van der Waals surface area (Å²) in [4.78, 5) is 27.4. The van der Waals surface area contributed by atoms with Gasteiger partial charge in [-0.3, -0.25) is 24.6 Å². The van der Waals surface area contributed by atoms with Crippen molar-refractivity contribution in [1.82, 2.24) is 20.1 Å². The fourth-order valence-electron chi connectivity index (χ4n) is 3.24. The number of nitro groups is 1. The number of hydrogen-bond donors (Lipinski definition) is 1. The molecular formula is C17H18ClN5O3. The Kier molecular flexibility index (Phi) is 5.03. The summed E-state index contributed by atoms with van der Waals surface area (Å²) in [5, 5.41) is 19.0. The lowest BCUT2D eigenvalue weighted by atomic mass is 9.95. The molecule has 0 bridgehead atoms. The molecular weight excluding hydrogens is 358 g/mol. The van der Waals surface area contributed by atoms with Crippen molar-refractivity contribution >= 4 is 23.2 Å². The molecule has 0 aliphatic heterocycles. The Bertz CT molecular complexity index is 893. The molecule has 3 rings (SSSR count). The Balaban J connectivity index is 1.88. The number of nitrogens with one attached hydrogen (secondary N) is 1. The highest BCUT2D eigenvalue weighted by molar-refractivity contribution is 6.30. The fraction of sp³-hybridized carbons (Fsp3) is 0.353. The molecule has 2 aromatic rings. The minimum Gasteiger partial charge on any atom is -0.345 e. The van der Waals surface area contributed by atoms with Gasteiger partial charge in [-0.1, -0.05) is 23.8 Å². The average molecular weight is 376 g/mol. The molecule has 0 radical (unpaired) electrons. The summed E-state index contributed by atoms with van der Waals surface area (Å²) in [6, 6.07) is 2.62. The third kappa shape index (κ3) is 3.45. The predicted molar refractivity (Wildman–Crippen MR) is 96.3 cm³/mol. The Morgan fingerprint density at radius 3 is 2.77 bits per heavy atom. The number of amides is 1. The van der Waals surface area contributed by atoms with Crippen LogP contribution in [0.3, 0.4) is 0 Å². The van der Waals surface area contributed by atoms with Crippen LogP contribution in [0.2, 0.25) is 5.02 Å². The molecule has 1 amide bonds. The van der Waals surface area contributed by atoms with Gasteiger partial charge in [0.25, 0.3) is 5.91 Å². The minimum absolute atomic E-state index is 0.0149. The maximum atomic E-state index is 12.5. The van der Waals surface area contributed by atoms with Crippen molar-refractivity contribution in [2.24, 2.45) is 0 Å². The van der Waals surface area contributed by atoms with E-state index in [4.69, 9.17) is 11.6 Å². The molecule has 2 aromatic heterocycles. The van der Waals surface area contributed by atoms with Gasteiger partial charge in [-0.25, -0.2) is 0 Å². The smallest absolute Gasteiger partial charge is 0.312 e. The van der Waals surface area contributed by atoms with Crippen LogP contribution in [-0.2, 0) is 0 Å². The number of nitrogens with zero attached hydrogens (tertiary/aromatic N) is 4.